The van der Waals surface area contributed by atoms with E-state index in [2.05, 4.69) is 21.3 Å². The number of amides is 2. The third-order valence-corrected chi connectivity index (χ3v) is 5.08. The molecule has 1 aliphatic rings. The van der Waals surface area contributed by atoms with Gasteiger partial charge in [-0.05, 0) is 32.0 Å². The summed E-state index contributed by atoms with van der Waals surface area (Å²) in [5.74, 6) is 0.918. The summed E-state index contributed by atoms with van der Waals surface area (Å²) in [6.45, 7) is 8.04. The van der Waals surface area contributed by atoms with E-state index in [0.717, 1.165) is 56.3 Å². The number of urea groups is 1. The molecule has 1 aromatic carbocycles. The zero-order valence-electron chi connectivity index (χ0n) is 17.0. The number of benzene rings is 1. The molecule has 1 N–H and O–H groups in total. The van der Waals surface area contributed by atoms with Gasteiger partial charge in [0.25, 0.3) is 0 Å². The molecule has 1 atom stereocenters. The van der Waals surface area contributed by atoms with Crippen LogP contribution in [0, 0.1) is 6.92 Å². The van der Waals surface area contributed by atoms with E-state index in [-0.39, 0.29) is 12.1 Å². The molecule has 28 heavy (non-hydrogen) atoms. The van der Waals surface area contributed by atoms with Crippen molar-refractivity contribution in [1.82, 2.24) is 20.1 Å². The minimum absolute atomic E-state index is 0.0112. The van der Waals surface area contributed by atoms with Crippen LogP contribution in [0.15, 0.2) is 42.5 Å². The van der Waals surface area contributed by atoms with Gasteiger partial charge in [-0.25, -0.2) is 4.79 Å². The molecule has 3 rings (SSSR count). The number of nitrogens with zero attached hydrogens (tertiary/aromatic N) is 3. The molecule has 0 bridgehead atoms. The molecule has 6 heteroatoms. The number of pyridine rings is 1. The Morgan fingerprint density at radius 3 is 2.61 bits per heavy atom. The summed E-state index contributed by atoms with van der Waals surface area (Å²) in [7, 11) is 1.70. The highest BCUT2D eigenvalue weighted by molar-refractivity contribution is 5.74. The first kappa shape index (κ1) is 20.1. The zero-order valence-corrected chi connectivity index (χ0v) is 17.0. The average Bonchev–Trinajstić information content (AvgIpc) is 2.69. The minimum Gasteiger partial charge on any atom is -0.496 e. The molecule has 0 aliphatic carbocycles. The van der Waals surface area contributed by atoms with Crippen LogP contribution >= 0.6 is 0 Å². The number of rotatable bonds is 6. The number of aromatic nitrogens is 1. The molecular formula is C22H30N4O2. The Hall–Kier alpha value is -2.60. The molecule has 6 nitrogen and oxygen atoms in total. The monoisotopic (exact) mass is 382 g/mol. The van der Waals surface area contributed by atoms with Gasteiger partial charge in [0.1, 0.15) is 5.75 Å². The zero-order chi connectivity index (χ0) is 19.9. The number of piperazine rings is 1. The summed E-state index contributed by atoms with van der Waals surface area (Å²) in [6, 6.07) is 14.2. The molecule has 1 fully saturated rings. The summed E-state index contributed by atoms with van der Waals surface area (Å²) < 4.78 is 5.44. The van der Waals surface area contributed by atoms with Crippen LogP contribution < -0.4 is 10.1 Å². The van der Waals surface area contributed by atoms with Crippen LogP contribution in [-0.2, 0) is 13.0 Å². The van der Waals surface area contributed by atoms with Gasteiger partial charge >= 0.3 is 6.03 Å². The number of hydrogen-bond acceptors (Lipinski definition) is 4. The maximum atomic E-state index is 12.6. The average molecular weight is 383 g/mol. The molecule has 2 heterocycles. The van der Waals surface area contributed by atoms with Crippen LogP contribution in [0.2, 0.25) is 0 Å². The van der Waals surface area contributed by atoms with Gasteiger partial charge in [0.2, 0.25) is 0 Å². The first-order chi connectivity index (χ1) is 13.5. The Morgan fingerprint density at radius 1 is 1.14 bits per heavy atom. The summed E-state index contributed by atoms with van der Waals surface area (Å²) in [5.41, 5.74) is 3.19. The molecule has 1 aromatic heterocycles. The maximum absolute atomic E-state index is 12.6. The van der Waals surface area contributed by atoms with Crippen LogP contribution in [0.3, 0.4) is 0 Å². The van der Waals surface area contributed by atoms with Crippen molar-refractivity contribution in [1.29, 1.82) is 0 Å². The van der Waals surface area contributed by atoms with E-state index in [9.17, 15) is 4.79 Å². The number of carbonyl (C=O) groups is 1. The van der Waals surface area contributed by atoms with Gasteiger partial charge in [0, 0.05) is 62.1 Å². The fourth-order valence-electron chi connectivity index (χ4n) is 3.56. The highest BCUT2D eigenvalue weighted by Crippen LogP contribution is 2.20. The topological polar surface area (TPSA) is 57.7 Å². The molecule has 150 valence electrons. The van der Waals surface area contributed by atoms with Gasteiger partial charge in [-0.15, -0.1) is 0 Å². The lowest BCUT2D eigenvalue weighted by atomic mass is 10.1. The Morgan fingerprint density at radius 2 is 1.89 bits per heavy atom. The lowest BCUT2D eigenvalue weighted by molar-refractivity contribution is 0.133. The van der Waals surface area contributed by atoms with Crippen molar-refractivity contribution in [2.24, 2.45) is 0 Å². The minimum atomic E-state index is 0.0112. The second kappa shape index (κ2) is 9.55. The summed E-state index contributed by atoms with van der Waals surface area (Å²) in [6.07, 6.45) is 0.737. The lowest BCUT2D eigenvalue weighted by Crippen LogP contribution is -2.53. The first-order valence-corrected chi connectivity index (χ1v) is 9.87. The van der Waals surface area contributed by atoms with Crippen LogP contribution in [0.1, 0.15) is 23.9 Å². The number of aryl methyl sites for hydroxylation is 1. The highest BCUT2D eigenvalue weighted by atomic mass is 16.5. The van der Waals surface area contributed by atoms with E-state index in [1.807, 2.05) is 55.1 Å². The fourth-order valence-corrected chi connectivity index (χ4v) is 3.56. The molecule has 1 aliphatic heterocycles. The molecule has 0 radical (unpaired) electrons. The van der Waals surface area contributed by atoms with Crippen LogP contribution in [-0.4, -0.2) is 60.1 Å². The lowest BCUT2D eigenvalue weighted by Gasteiger charge is -2.35. The van der Waals surface area contributed by atoms with E-state index in [1.54, 1.807) is 7.11 Å². The van der Waals surface area contributed by atoms with Crippen molar-refractivity contribution in [3.05, 3.63) is 59.4 Å². The number of carbonyl (C=O) groups excluding carboxylic acids is 1. The summed E-state index contributed by atoms with van der Waals surface area (Å²) >= 11 is 0. The standard InChI is InChI=1S/C22H30N4O2/c1-17-7-6-9-20(23-17)15-18(2)24-22(27)26-13-11-25(12-14-26)16-19-8-4-5-10-21(19)28-3/h4-10,18H,11-16H2,1-3H3,(H,24,27). The number of nitrogens with one attached hydrogen (secondary N) is 1. The largest absolute Gasteiger partial charge is 0.496 e. The second-order valence-corrected chi connectivity index (χ2v) is 7.40. The smallest absolute Gasteiger partial charge is 0.317 e. The van der Waals surface area contributed by atoms with Crippen molar-refractivity contribution >= 4 is 6.03 Å². The van der Waals surface area contributed by atoms with Gasteiger partial charge < -0.3 is 15.0 Å². The van der Waals surface area contributed by atoms with E-state index in [0.29, 0.717) is 0 Å². The van der Waals surface area contributed by atoms with E-state index in [4.69, 9.17) is 4.74 Å². The number of ether oxygens (including phenoxy) is 1. The molecule has 2 amide bonds. The van der Waals surface area contributed by atoms with Gasteiger partial charge in [0.05, 0.1) is 7.11 Å². The molecule has 1 unspecified atom stereocenters. The molecular weight excluding hydrogens is 352 g/mol. The quantitative estimate of drug-likeness (QED) is 0.835. The van der Waals surface area contributed by atoms with E-state index >= 15 is 0 Å². The Labute approximate surface area is 167 Å². The third kappa shape index (κ3) is 5.45. The van der Waals surface area contributed by atoms with Crippen molar-refractivity contribution in [2.45, 2.75) is 32.9 Å². The van der Waals surface area contributed by atoms with Crippen LogP contribution in [0.4, 0.5) is 4.79 Å². The van der Waals surface area contributed by atoms with Gasteiger partial charge in [-0.1, -0.05) is 24.3 Å². The number of para-hydroxylation sites is 1. The molecule has 2 aromatic rings. The van der Waals surface area contributed by atoms with Gasteiger partial charge in [0.15, 0.2) is 0 Å². The SMILES string of the molecule is COc1ccccc1CN1CCN(C(=O)NC(C)Cc2cccc(C)n2)CC1. The van der Waals surface area contributed by atoms with E-state index in [1.165, 1.54) is 5.56 Å². The molecule has 1 saturated heterocycles. The van der Waals surface area contributed by atoms with Crippen molar-refractivity contribution < 1.29 is 9.53 Å². The van der Waals surface area contributed by atoms with Crippen molar-refractivity contribution in [3.8, 4) is 5.75 Å². The van der Waals surface area contributed by atoms with Crippen LogP contribution in [0.5, 0.6) is 5.75 Å². The normalized spacial score (nSPS) is 15.9. The maximum Gasteiger partial charge on any atom is 0.317 e. The first-order valence-electron chi connectivity index (χ1n) is 9.87. The Balaban J connectivity index is 1.45. The van der Waals surface area contributed by atoms with Crippen LogP contribution in [0.25, 0.3) is 0 Å². The molecule has 0 saturated carbocycles. The highest BCUT2D eigenvalue weighted by Gasteiger charge is 2.22. The number of methoxy groups -OCH3 is 1. The second-order valence-electron chi connectivity index (χ2n) is 7.40. The molecule has 0 spiro atoms. The summed E-state index contributed by atoms with van der Waals surface area (Å²) in [5, 5.41) is 3.11. The van der Waals surface area contributed by atoms with Gasteiger partial charge in [-0.2, -0.15) is 0 Å². The third-order valence-electron chi connectivity index (χ3n) is 5.08. The number of hydrogen-bond donors (Lipinski definition) is 1. The summed E-state index contributed by atoms with van der Waals surface area (Å²) in [4.78, 5) is 21.4. The predicted octanol–water partition coefficient (Wildman–Crippen LogP) is 2.86. The fraction of sp³-hybridized carbons (Fsp3) is 0.455. The predicted molar refractivity (Wildman–Crippen MR) is 111 cm³/mol. The Kier molecular flexibility index (Phi) is 6.87. The Bertz CT molecular complexity index is 788. The van der Waals surface area contributed by atoms with E-state index < -0.39 is 0 Å². The van der Waals surface area contributed by atoms with Gasteiger partial charge in [-0.3, -0.25) is 9.88 Å². The van der Waals surface area contributed by atoms with Crippen molar-refractivity contribution in [2.75, 3.05) is 33.3 Å². The van der Waals surface area contributed by atoms with Crippen molar-refractivity contribution in [3.63, 3.8) is 0 Å².